The summed E-state index contributed by atoms with van der Waals surface area (Å²) in [5, 5.41) is 0.415. The minimum absolute atomic E-state index is 0.0428. The third kappa shape index (κ3) is 1.14. The van der Waals surface area contributed by atoms with Crippen molar-refractivity contribution in [3.05, 3.63) is 35.5 Å². The number of nitrogens with one attached hydrogen (secondary N) is 1. The van der Waals surface area contributed by atoms with Gasteiger partial charge in [0, 0.05) is 5.39 Å². The van der Waals surface area contributed by atoms with E-state index in [1.165, 1.54) is 12.1 Å². The number of halogens is 2. The molecule has 0 spiro atoms. The van der Waals surface area contributed by atoms with Crippen molar-refractivity contribution in [2.75, 3.05) is 0 Å². The zero-order valence-electron chi connectivity index (χ0n) is 6.97. The van der Waals surface area contributed by atoms with E-state index in [2.05, 4.69) is 4.98 Å². The Hall–Kier alpha value is -1.91. The van der Waals surface area contributed by atoms with Gasteiger partial charge >= 0.3 is 0 Å². The van der Waals surface area contributed by atoms with Gasteiger partial charge in [0.25, 0.3) is 5.91 Å². The largest absolute Gasteiger partial charge is 0.364 e. The first-order valence-electron chi connectivity index (χ1n) is 3.86. The molecule has 5 heteroatoms. The van der Waals surface area contributed by atoms with Crippen LogP contribution in [0.25, 0.3) is 10.9 Å². The molecular weight excluding hydrogens is 190 g/mol. The molecule has 0 radical (unpaired) electrons. The Kier molecular flexibility index (Phi) is 1.73. The van der Waals surface area contributed by atoms with Gasteiger partial charge in [0.2, 0.25) is 0 Å². The highest BCUT2D eigenvalue weighted by Crippen LogP contribution is 2.20. The van der Waals surface area contributed by atoms with Crippen LogP contribution in [0.2, 0.25) is 0 Å². The average molecular weight is 196 g/mol. The van der Waals surface area contributed by atoms with Gasteiger partial charge in [0.15, 0.2) is 11.6 Å². The van der Waals surface area contributed by atoms with Crippen molar-refractivity contribution < 1.29 is 13.6 Å². The summed E-state index contributed by atoms with van der Waals surface area (Å²) < 4.78 is 25.9. The first-order valence-corrected chi connectivity index (χ1v) is 3.86. The SMILES string of the molecule is NC(=O)c1cc2ccc(F)c(F)c2[nH]1. The predicted octanol–water partition coefficient (Wildman–Crippen LogP) is 1.54. The number of H-pyrrole nitrogens is 1. The van der Waals surface area contributed by atoms with Crippen LogP contribution in [0.3, 0.4) is 0 Å². The van der Waals surface area contributed by atoms with E-state index in [-0.39, 0.29) is 11.2 Å². The van der Waals surface area contributed by atoms with Crippen LogP contribution in [0.4, 0.5) is 8.78 Å². The quantitative estimate of drug-likeness (QED) is 0.714. The zero-order valence-corrected chi connectivity index (χ0v) is 6.97. The second-order valence-corrected chi connectivity index (χ2v) is 2.87. The molecular formula is C9H6F2N2O. The topological polar surface area (TPSA) is 58.9 Å². The standard InChI is InChI=1S/C9H6F2N2O/c10-5-2-1-4-3-6(9(12)14)13-8(4)7(5)11/h1-3,13H,(H2,12,14). The van der Waals surface area contributed by atoms with Crippen LogP contribution in [-0.2, 0) is 0 Å². The van der Waals surface area contributed by atoms with E-state index >= 15 is 0 Å². The number of carbonyl (C=O) groups is 1. The molecule has 1 amide bonds. The highest BCUT2D eigenvalue weighted by atomic mass is 19.2. The van der Waals surface area contributed by atoms with E-state index in [4.69, 9.17) is 5.73 Å². The molecule has 2 aromatic rings. The maximum Gasteiger partial charge on any atom is 0.265 e. The summed E-state index contributed by atoms with van der Waals surface area (Å²) in [5.41, 5.74) is 5.00. The maximum atomic E-state index is 13.1. The van der Waals surface area contributed by atoms with Gasteiger partial charge in [-0.1, -0.05) is 0 Å². The number of hydrogen-bond acceptors (Lipinski definition) is 1. The lowest BCUT2D eigenvalue weighted by molar-refractivity contribution is 0.0996. The van der Waals surface area contributed by atoms with Crippen LogP contribution >= 0.6 is 0 Å². The van der Waals surface area contributed by atoms with Gasteiger partial charge in [-0.25, -0.2) is 8.78 Å². The predicted molar refractivity (Wildman–Crippen MR) is 46.7 cm³/mol. The molecule has 2 rings (SSSR count). The van der Waals surface area contributed by atoms with Gasteiger partial charge < -0.3 is 10.7 Å². The van der Waals surface area contributed by atoms with Gasteiger partial charge in [-0.3, -0.25) is 4.79 Å². The molecule has 3 N–H and O–H groups in total. The average Bonchev–Trinajstić information content (AvgIpc) is 2.56. The molecule has 0 fully saturated rings. The third-order valence-electron chi connectivity index (χ3n) is 1.95. The van der Waals surface area contributed by atoms with Crippen LogP contribution in [0.5, 0.6) is 0 Å². The fraction of sp³-hybridized carbons (Fsp3) is 0. The zero-order chi connectivity index (χ0) is 10.3. The van der Waals surface area contributed by atoms with Gasteiger partial charge in [0.05, 0.1) is 5.52 Å². The van der Waals surface area contributed by atoms with E-state index in [1.807, 2.05) is 0 Å². The Labute approximate surface area is 77.5 Å². The number of aromatic amines is 1. The fourth-order valence-corrected chi connectivity index (χ4v) is 1.27. The molecule has 1 heterocycles. The van der Waals surface area contributed by atoms with E-state index in [9.17, 15) is 13.6 Å². The molecule has 0 saturated heterocycles. The molecule has 0 saturated carbocycles. The van der Waals surface area contributed by atoms with Gasteiger partial charge in [0.1, 0.15) is 5.69 Å². The fourth-order valence-electron chi connectivity index (χ4n) is 1.27. The van der Waals surface area contributed by atoms with Gasteiger partial charge in [-0.15, -0.1) is 0 Å². The van der Waals surface area contributed by atoms with E-state index in [1.54, 1.807) is 0 Å². The van der Waals surface area contributed by atoms with Crippen LogP contribution in [-0.4, -0.2) is 10.9 Å². The molecule has 3 nitrogen and oxygen atoms in total. The van der Waals surface area contributed by atoms with Crippen molar-refractivity contribution in [1.82, 2.24) is 4.98 Å². The van der Waals surface area contributed by atoms with Crippen LogP contribution in [0.15, 0.2) is 18.2 Å². The number of primary amides is 1. The number of aromatic nitrogens is 1. The molecule has 0 unspecified atom stereocenters. The molecule has 1 aromatic heterocycles. The normalized spacial score (nSPS) is 10.7. The molecule has 0 bridgehead atoms. The lowest BCUT2D eigenvalue weighted by atomic mass is 10.2. The summed E-state index contributed by atoms with van der Waals surface area (Å²) in [5.74, 6) is -2.67. The van der Waals surface area contributed by atoms with Gasteiger partial charge in [-0.05, 0) is 18.2 Å². The summed E-state index contributed by atoms with van der Waals surface area (Å²) in [6, 6.07) is 3.74. The smallest absolute Gasteiger partial charge is 0.265 e. The van der Waals surface area contributed by atoms with Crippen LogP contribution in [0, 0.1) is 11.6 Å². The number of fused-ring (bicyclic) bond motifs is 1. The molecule has 0 aliphatic rings. The monoisotopic (exact) mass is 196 g/mol. The van der Waals surface area contributed by atoms with Crippen molar-refractivity contribution in [1.29, 1.82) is 0 Å². The molecule has 0 atom stereocenters. The summed E-state index contributed by atoms with van der Waals surface area (Å²) >= 11 is 0. The van der Waals surface area contributed by atoms with Crippen molar-refractivity contribution in [3.8, 4) is 0 Å². The van der Waals surface area contributed by atoms with Crippen LogP contribution < -0.4 is 5.73 Å². The molecule has 14 heavy (non-hydrogen) atoms. The lowest BCUT2D eigenvalue weighted by Crippen LogP contribution is -2.10. The number of nitrogens with two attached hydrogens (primary N) is 1. The van der Waals surface area contributed by atoms with Crippen molar-refractivity contribution in [2.45, 2.75) is 0 Å². The number of amides is 1. The Morgan fingerprint density at radius 1 is 1.36 bits per heavy atom. The minimum atomic E-state index is -1.00. The Balaban J connectivity index is 2.77. The first kappa shape index (κ1) is 8.68. The van der Waals surface area contributed by atoms with Gasteiger partial charge in [-0.2, -0.15) is 0 Å². The van der Waals surface area contributed by atoms with Crippen LogP contribution in [0.1, 0.15) is 10.5 Å². The lowest BCUT2D eigenvalue weighted by Gasteiger charge is -1.93. The van der Waals surface area contributed by atoms with Crippen molar-refractivity contribution >= 4 is 16.8 Å². The van der Waals surface area contributed by atoms with E-state index < -0.39 is 17.5 Å². The maximum absolute atomic E-state index is 13.1. The number of benzene rings is 1. The second-order valence-electron chi connectivity index (χ2n) is 2.87. The number of carbonyl (C=O) groups excluding carboxylic acids is 1. The molecule has 72 valence electrons. The Morgan fingerprint density at radius 3 is 2.71 bits per heavy atom. The van der Waals surface area contributed by atoms with E-state index in [0.29, 0.717) is 5.39 Å². The Morgan fingerprint density at radius 2 is 2.07 bits per heavy atom. The second kappa shape index (κ2) is 2.80. The number of hydrogen-bond donors (Lipinski definition) is 2. The summed E-state index contributed by atoms with van der Waals surface area (Å²) in [6.07, 6.45) is 0. The third-order valence-corrected chi connectivity index (χ3v) is 1.95. The first-order chi connectivity index (χ1) is 6.59. The molecule has 1 aromatic carbocycles. The summed E-state index contributed by atoms with van der Waals surface area (Å²) in [7, 11) is 0. The highest BCUT2D eigenvalue weighted by molar-refractivity contribution is 5.97. The highest BCUT2D eigenvalue weighted by Gasteiger charge is 2.11. The molecule has 0 aliphatic carbocycles. The Bertz CT molecular complexity index is 519. The summed E-state index contributed by atoms with van der Waals surface area (Å²) in [6.45, 7) is 0. The molecule has 0 aliphatic heterocycles. The summed E-state index contributed by atoms with van der Waals surface area (Å²) in [4.78, 5) is 13.2. The number of rotatable bonds is 1. The van der Waals surface area contributed by atoms with Crippen molar-refractivity contribution in [3.63, 3.8) is 0 Å². The van der Waals surface area contributed by atoms with E-state index in [0.717, 1.165) is 6.07 Å². The minimum Gasteiger partial charge on any atom is -0.364 e. The van der Waals surface area contributed by atoms with Crippen molar-refractivity contribution in [2.24, 2.45) is 5.73 Å².